The maximum Gasteiger partial charge on any atom is 0.143 e. The third-order valence-electron chi connectivity index (χ3n) is 8.95. The molecule has 0 amide bonds. The molecule has 0 aliphatic heterocycles. The van der Waals surface area contributed by atoms with E-state index in [1.165, 1.54) is 0 Å². The van der Waals surface area contributed by atoms with Crippen molar-refractivity contribution in [3.63, 3.8) is 0 Å². The lowest BCUT2D eigenvalue weighted by Gasteiger charge is -2.30. The molecule has 0 saturated heterocycles. The Hall–Kier alpha value is -6.38. The van der Waals surface area contributed by atoms with Gasteiger partial charge < -0.3 is 9.32 Å². The van der Waals surface area contributed by atoms with Crippen LogP contribution in [0.15, 0.2) is 192 Å². The van der Waals surface area contributed by atoms with Gasteiger partial charge >= 0.3 is 0 Å². The van der Waals surface area contributed by atoms with Crippen molar-refractivity contribution in [3.05, 3.63) is 188 Å². The van der Waals surface area contributed by atoms with E-state index in [9.17, 15) is 5.48 Å². The van der Waals surface area contributed by atoms with Crippen LogP contribution in [-0.4, -0.2) is 0 Å². The Bertz CT molecular complexity index is 2760. The van der Waals surface area contributed by atoms with Gasteiger partial charge in [-0.2, -0.15) is 0 Å². The number of fused-ring (bicyclic) bond motifs is 5. The van der Waals surface area contributed by atoms with E-state index >= 15 is 0 Å². The van der Waals surface area contributed by atoms with Crippen molar-refractivity contribution < 1.29 is 9.90 Å². The van der Waals surface area contributed by atoms with E-state index in [0.717, 1.165) is 60.7 Å². The Morgan fingerprint density at radius 2 is 0.938 bits per heavy atom. The Labute approximate surface area is 285 Å². The molecule has 226 valence electrons. The molecule has 2 nitrogen and oxygen atoms in total. The third-order valence-corrected chi connectivity index (χ3v) is 8.95. The Balaban J connectivity index is 1.36. The van der Waals surface area contributed by atoms with Crippen molar-refractivity contribution in [2.24, 2.45) is 0 Å². The summed E-state index contributed by atoms with van der Waals surface area (Å²) < 4.78 is 44.4. The molecule has 48 heavy (non-hydrogen) atoms. The van der Waals surface area contributed by atoms with Gasteiger partial charge in [-0.15, -0.1) is 0 Å². The first-order valence-electron chi connectivity index (χ1n) is 18.0. The second kappa shape index (κ2) is 11.8. The fourth-order valence-electron chi connectivity index (χ4n) is 6.70. The molecule has 0 atom stereocenters. The number of furan rings is 1. The minimum Gasteiger partial charge on any atom is -0.455 e. The summed E-state index contributed by atoms with van der Waals surface area (Å²) in [7, 11) is 0. The molecule has 0 N–H and O–H groups in total. The maximum absolute atomic E-state index is 9.53. The van der Waals surface area contributed by atoms with Gasteiger partial charge in [0, 0.05) is 38.5 Å². The summed E-state index contributed by atoms with van der Waals surface area (Å²) in [5.41, 5.74) is 7.54. The fraction of sp³-hybridized carbons (Fsp3) is 0. The van der Waals surface area contributed by atoms with Crippen molar-refractivity contribution in [1.82, 2.24) is 0 Å². The number of hydrogen-bond donors (Lipinski definition) is 0. The zero-order chi connectivity index (χ0) is 35.3. The van der Waals surface area contributed by atoms with E-state index in [1.807, 2.05) is 138 Å². The Morgan fingerprint density at radius 3 is 1.71 bits per heavy atom. The predicted octanol–water partition coefficient (Wildman–Crippen LogP) is 13.2. The first kappa shape index (κ1) is 23.9. The van der Waals surface area contributed by atoms with Crippen molar-refractivity contribution >= 4 is 49.8 Å². The van der Waals surface area contributed by atoms with Gasteiger partial charge in [-0.25, -0.2) is 0 Å². The van der Waals surface area contributed by atoms with Gasteiger partial charge in [0.2, 0.25) is 0 Å². The molecule has 0 fully saturated rings. The van der Waals surface area contributed by atoms with Crippen LogP contribution in [-0.2, 0) is 0 Å². The van der Waals surface area contributed by atoms with Gasteiger partial charge in [0.05, 0.1) is 16.9 Å². The second-order valence-corrected chi connectivity index (χ2v) is 11.8. The van der Waals surface area contributed by atoms with Crippen molar-refractivity contribution in [2.75, 3.05) is 4.90 Å². The standard InChI is InChI=1S/C46H31NO/c1-3-14-32(15-4-1)33-26-29-36(30-27-33)47(43-24-11-9-19-37(43)34-16-5-2-6-17-34)44-25-12-10-21-39(44)40-22-13-23-41-42-31-28-35-18-7-8-20-38(35)45(42)48-46(40)41/h1-31H/i26D,27D,29D,30D. The first-order chi connectivity index (χ1) is 25.5. The van der Waals surface area contributed by atoms with Crippen LogP contribution in [0.1, 0.15) is 5.48 Å². The number of nitrogens with zero attached hydrogens (tertiary/aromatic N) is 1. The maximum atomic E-state index is 9.53. The van der Waals surface area contributed by atoms with Gasteiger partial charge in [0.15, 0.2) is 0 Å². The van der Waals surface area contributed by atoms with E-state index in [1.54, 1.807) is 0 Å². The minimum absolute atomic E-state index is 0.104. The van der Waals surface area contributed by atoms with Gasteiger partial charge in [0.25, 0.3) is 0 Å². The molecule has 0 spiro atoms. The van der Waals surface area contributed by atoms with Crippen molar-refractivity contribution in [2.45, 2.75) is 0 Å². The Kier molecular flexibility index (Phi) is 5.85. The summed E-state index contributed by atoms with van der Waals surface area (Å²) in [6.07, 6.45) is 0. The van der Waals surface area contributed by atoms with Gasteiger partial charge in [0.1, 0.15) is 11.2 Å². The molecule has 8 aromatic carbocycles. The normalized spacial score (nSPS) is 12.5. The summed E-state index contributed by atoms with van der Waals surface area (Å²) in [5.74, 6) is 0. The number of benzene rings is 8. The molecule has 9 aromatic rings. The molecular weight excluding hydrogens is 583 g/mol. The molecule has 0 aliphatic carbocycles. The van der Waals surface area contributed by atoms with Gasteiger partial charge in [-0.05, 0) is 52.4 Å². The average molecular weight is 618 g/mol. The number of rotatable bonds is 6. The predicted molar refractivity (Wildman–Crippen MR) is 202 cm³/mol. The highest BCUT2D eigenvalue weighted by Crippen LogP contribution is 2.47. The zero-order valence-corrected chi connectivity index (χ0v) is 25.9. The average Bonchev–Trinajstić information content (AvgIpc) is 3.59. The van der Waals surface area contributed by atoms with E-state index < -0.39 is 0 Å². The lowest BCUT2D eigenvalue weighted by molar-refractivity contribution is 0.674. The van der Waals surface area contributed by atoms with Crippen molar-refractivity contribution in [3.8, 4) is 33.4 Å². The molecule has 2 heteroatoms. The van der Waals surface area contributed by atoms with Crippen LogP contribution in [0.25, 0.3) is 66.1 Å². The highest BCUT2D eigenvalue weighted by atomic mass is 16.3. The molecule has 0 bridgehead atoms. The largest absolute Gasteiger partial charge is 0.455 e. The lowest BCUT2D eigenvalue weighted by Crippen LogP contribution is -2.12. The molecule has 0 unspecified atom stereocenters. The first-order valence-corrected chi connectivity index (χ1v) is 16.0. The number of hydrogen-bond acceptors (Lipinski definition) is 2. The summed E-state index contributed by atoms with van der Waals surface area (Å²) in [6, 6.07) is 53.2. The lowest BCUT2D eigenvalue weighted by atomic mass is 9.97. The van der Waals surface area contributed by atoms with Crippen LogP contribution in [0.3, 0.4) is 0 Å². The summed E-state index contributed by atoms with van der Waals surface area (Å²) in [4.78, 5) is 1.89. The summed E-state index contributed by atoms with van der Waals surface area (Å²) in [5, 5.41) is 4.15. The van der Waals surface area contributed by atoms with Gasteiger partial charge in [-0.1, -0.05) is 158 Å². The van der Waals surface area contributed by atoms with E-state index in [0.29, 0.717) is 11.3 Å². The van der Waals surface area contributed by atoms with E-state index in [2.05, 4.69) is 30.3 Å². The molecule has 9 rings (SSSR count). The quantitative estimate of drug-likeness (QED) is 0.185. The monoisotopic (exact) mass is 617 g/mol. The van der Waals surface area contributed by atoms with Gasteiger partial charge in [-0.3, -0.25) is 0 Å². The third kappa shape index (κ3) is 4.74. The molecule has 0 radical (unpaired) electrons. The molecule has 0 aliphatic rings. The number of anilines is 3. The van der Waals surface area contributed by atoms with Crippen LogP contribution in [0.5, 0.6) is 0 Å². The van der Waals surface area contributed by atoms with Crippen LogP contribution >= 0.6 is 0 Å². The highest BCUT2D eigenvalue weighted by molar-refractivity contribution is 6.17. The summed E-state index contributed by atoms with van der Waals surface area (Å²) >= 11 is 0. The second-order valence-electron chi connectivity index (χ2n) is 11.8. The topological polar surface area (TPSA) is 16.4 Å². The smallest absolute Gasteiger partial charge is 0.143 e. The van der Waals surface area contributed by atoms with Crippen LogP contribution in [0, 0.1) is 0 Å². The molecule has 1 heterocycles. The zero-order valence-electron chi connectivity index (χ0n) is 29.9. The van der Waals surface area contributed by atoms with Crippen LogP contribution in [0.4, 0.5) is 17.1 Å². The highest BCUT2D eigenvalue weighted by Gasteiger charge is 2.22. The van der Waals surface area contributed by atoms with Crippen LogP contribution < -0.4 is 4.90 Å². The van der Waals surface area contributed by atoms with Crippen molar-refractivity contribution in [1.29, 1.82) is 0 Å². The molecule has 1 aromatic heterocycles. The minimum atomic E-state index is -0.133. The molecule has 0 saturated carbocycles. The van der Waals surface area contributed by atoms with E-state index in [-0.39, 0.29) is 35.4 Å². The number of para-hydroxylation sites is 3. The molecular formula is C46H31NO. The fourth-order valence-corrected chi connectivity index (χ4v) is 6.70. The van der Waals surface area contributed by atoms with E-state index in [4.69, 9.17) is 4.42 Å². The summed E-state index contributed by atoms with van der Waals surface area (Å²) in [6.45, 7) is 0. The Morgan fingerprint density at radius 1 is 0.375 bits per heavy atom. The van der Waals surface area contributed by atoms with Crippen LogP contribution in [0.2, 0.25) is 0 Å². The SMILES string of the molecule is [2H]c1c([2H])c(N(c2ccccc2-c2ccccc2)c2ccccc2-c2cccc3c2oc2c4ccccc4ccc32)c([2H])c([2H])c1-c1ccccc1.